The summed E-state index contributed by atoms with van der Waals surface area (Å²) in [5.41, 5.74) is 0.696. The van der Waals surface area contributed by atoms with Gasteiger partial charge in [0.05, 0.1) is 0 Å². The van der Waals surface area contributed by atoms with Crippen LogP contribution in [0.25, 0.3) is 0 Å². The van der Waals surface area contributed by atoms with Crippen LogP contribution in [0.4, 0.5) is 17.6 Å². The Morgan fingerprint density at radius 1 is 0.957 bits per heavy atom. The monoisotopic (exact) mass is 330 g/mol. The van der Waals surface area contributed by atoms with Crippen molar-refractivity contribution < 1.29 is 32.1 Å². The summed E-state index contributed by atoms with van der Waals surface area (Å²) in [5.74, 6) is -3.82. The average Bonchev–Trinajstić information content (AvgIpc) is 2.53. The van der Waals surface area contributed by atoms with Crippen LogP contribution < -0.4 is 9.47 Å². The maximum Gasteiger partial charge on any atom is 0.340 e. The summed E-state index contributed by atoms with van der Waals surface area (Å²) >= 11 is 0. The Bertz CT molecular complexity index is 629. The zero-order chi connectivity index (χ0) is 16.9. The van der Waals surface area contributed by atoms with E-state index in [0.29, 0.717) is 11.3 Å². The minimum absolute atomic E-state index is 0.00156. The molecule has 7 heteroatoms. The first-order valence-corrected chi connectivity index (χ1v) is 6.67. The number of ether oxygens (including phenoxy) is 2. The summed E-state index contributed by atoms with van der Waals surface area (Å²) in [7, 11) is 0. The van der Waals surface area contributed by atoms with E-state index in [1.54, 1.807) is 30.3 Å². The lowest BCUT2D eigenvalue weighted by atomic mass is 10.2. The number of halogens is 4. The minimum atomic E-state index is -4.19. The third-order valence-corrected chi connectivity index (χ3v) is 2.93. The molecule has 0 fully saturated rings. The summed E-state index contributed by atoms with van der Waals surface area (Å²) < 4.78 is 59.5. The van der Waals surface area contributed by atoms with Gasteiger partial charge in [-0.05, 0) is 29.8 Å². The van der Waals surface area contributed by atoms with E-state index in [9.17, 15) is 22.7 Å². The maximum atomic E-state index is 12.7. The molecule has 2 rings (SSSR count). The van der Waals surface area contributed by atoms with Gasteiger partial charge in [0.25, 0.3) is 0 Å². The number of hydrogen-bond donors (Lipinski definition) is 1. The number of aromatic hydroxyl groups is 1. The van der Waals surface area contributed by atoms with Crippen LogP contribution >= 0.6 is 0 Å². The minimum Gasteiger partial charge on any atom is -0.504 e. The Balaban J connectivity index is 1.89. The molecule has 0 spiro atoms. The van der Waals surface area contributed by atoms with Gasteiger partial charge in [0, 0.05) is 0 Å². The van der Waals surface area contributed by atoms with E-state index in [4.69, 9.17) is 4.74 Å². The number of hydrogen-bond acceptors (Lipinski definition) is 3. The highest BCUT2D eigenvalue weighted by Crippen LogP contribution is 2.26. The van der Waals surface area contributed by atoms with Crippen molar-refractivity contribution >= 4 is 0 Å². The Morgan fingerprint density at radius 3 is 2.22 bits per heavy atom. The van der Waals surface area contributed by atoms with Gasteiger partial charge in [-0.15, -0.1) is 0 Å². The summed E-state index contributed by atoms with van der Waals surface area (Å²) in [6.45, 7) is -1.25. The van der Waals surface area contributed by atoms with Crippen LogP contribution in [-0.4, -0.2) is 24.1 Å². The van der Waals surface area contributed by atoms with E-state index in [-0.39, 0.29) is 18.1 Å². The van der Waals surface area contributed by atoms with Crippen molar-refractivity contribution in [2.45, 2.75) is 19.0 Å². The van der Waals surface area contributed by atoms with Gasteiger partial charge in [-0.1, -0.05) is 24.3 Å². The first kappa shape index (κ1) is 16.9. The first-order chi connectivity index (χ1) is 10.9. The molecular weight excluding hydrogens is 316 g/mol. The van der Waals surface area contributed by atoms with Crippen LogP contribution in [0.5, 0.6) is 17.2 Å². The standard InChI is InChI=1S/C16H14F4O3/c17-15(18)16(19,20)10-23-12-7-5-11(6-8-12)9-22-14-4-2-1-3-13(14)21/h1-8,15,21H,9-10H2. The fraction of sp³-hybridized carbons (Fsp3) is 0.250. The number of benzene rings is 2. The second kappa shape index (κ2) is 7.21. The van der Waals surface area contributed by atoms with Gasteiger partial charge < -0.3 is 14.6 Å². The number of para-hydroxylation sites is 2. The molecule has 0 aromatic heterocycles. The molecule has 23 heavy (non-hydrogen) atoms. The second-order valence-corrected chi connectivity index (χ2v) is 4.75. The Hall–Kier alpha value is -2.44. The van der Waals surface area contributed by atoms with Crippen molar-refractivity contribution in [3.63, 3.8) is 0 Å². The molecule has 3 nitrogen and oxygen atoms in total. The number of phenolic OH excluding ortho intramolecular Hbond substituents is 1. The number of phenols is 1. The topological polar surface area (TPSA) is 38.7 Å². The SMILES string of the molecule is Oc1ccccc1OCc1ccc(OCC(F)(F)C(F)F)cc1. The molecule has 0 aliphatic rings. The average molecular weight is 330 g/mol. The van der Waals surface area contributed by atoms with Crippen LogP contribution in [0, 0.1) is 0 Å². The normalized spacial score (nSPS) is 11.5. The predicted molar refractivity (Wildman–Crippen MR) is 75.3 cm³/mol. The fourth-order valence-corrected chi connectivity index (χ4v) is 1.66. The van der Waals surface area contributed by atoms with E-state index in [0.717, 1.165) is 0 Å². The molecule has 0 heterocycles. The third-order valence-electron chi connectivity index (χ3n) is 2.93. The number of rotatable bonds is 7. The second-order valence-electron chi connectivity index (χ2n) is 4.75. The van der Waals surface area contributed by atoms with E-state index in [1.165, 1.54) is 18.2 Å². The third kappa shape index (κ3) is 4.77. The largest absolute Gasteiger partial charge is 0.504 e. The fourth-order valence-electron chi connectivity index (χ4n) is 1.66. The van der Waals surface area contributed by atoms with E-state index < -0.39 is 19.0 Å². The molecular formula is C16H14F4O3. The highest BCUT2D eigenvalue weighted by molar-refractivity contribution is 5.38. The molecule has 1 N–H and O–H groups in total. The van der Waals surface area contributed by atoms with Crippen molar-refractivity contribution in [1.82, 2.24) is 0 Å². The summed E-state index contributed by atoms with van der Waals surface area (Å²) in [6, 6.07) is 12.3. The van der Waals surface area contributed by atoms with Gasteiger partial charge in [-0.3, -0.25) is 0 Å². The van der Waals surface area contributed by atoms with Gasteiger partial charge >= 0.3 is 12.3 Å². The van der Waals surface area contributed by atoms with Crippen molar-refractivity contribution in [2.24, 2.45) is 0 Å². The zero-order valence-electron chi connectivity index (χ0n) is 11.9. The van der Waals surface area contributed by atoms with Crippen LogP contribution in [0.1, 0.15) is 5.56 Å². The molecule has 0 saturated carbocycles. The van der Waals surface area contributed by atoms with Crippen LogP contribution in [0.3, 0.4) is 0 Å². The molecule has 0 aliphatic heterocycles. The van der Waals surface area contributed by atoms with Crippen molar-refractivity contribution in [3.05, 3.63) is 54.1 Å². The van der Waals surface area contributed by atoms with E-state index in [1.807, 2.05) is 0 Å². The summed E-state index contributed by atoms with van der Waals surface area (Å²) in [5, 5.41) is 9.55. The van der Waals surface area contributed by atoms with Crippen molar-refractivity contribution in [2.75, 3.05) is 6.61 Å². The molecule has 0 atom stereocenters. The molecule has 0 bridgehead atoms. The van der Waals surface area contributed by atoms with Gasteiger partial charge in [0.1, 0.15) is 12.4 Å². The Labute approximate surface area is 130 Å². The van der Waals surface area contributed by atoms with Crippen LogP contribution in [-0.2, 0) is 6.61 Å². The highest BCUT2D eigenvalue weighted by Gasteiger charge is 2.41. The number of alkyl halides is 4. The molecule has 0 unspecified atom stereocenters. The molecule has 2 aromatic carbocycles. The van der Waals surface area contributed by atoms with Gasteiger partial charge in [-0.25, -0.2) is 8.78 Å². The van der Waals surface area contributed by atoms with Gasteiger partial charge in [-0.2, -0.15) is 8.78 Å². The molecule has 0 aliphatic carbocycles. The molecule has 0 saturated heterocycles. The molecule has 124 valence electrons. The smallest absolute Gasteiger partial charge is 0.340 e. The maximum absolute atomic E-state index is 12.7. The lowest BCUT2D eigenvalue weighted by molar-refractivity contribution is -0.148. The van der Waals surface area contributed by atoms with Gasteiger partial charge in [0.2, 0.25) is 0 Å². The zero-order valence-corrected chi connectivity index (χ0v) is 11.9. The predicted octanol–water partition coefficient (Wildman–Crippen LogP) is 4.25. The van der Waals surface area contributed by atoms with Crippen LogP contribution in [0.15, 0.2) is 48.5 Å². The molecule has 2 aromatic rings. The van der Waals surface area contributed by atoms with Crippen molar-refractivity contribution in [1.29, 1.82) is 0 Å². The molecule has 0 radical (unpaired) electrons. The van der Waals surface area contributed by atoms with Crippen molar-refractivity contribution in [3.8, 4) is 17.2 Å². The first-order valence-electron chi connectivity index (χ1n) is 6.67. The van der Waals surface area contributed by atoms with E-state index in [2.05, 4.69) is 4.74 Å². The summed E-state index contributed by atoms with van der Waals surface area (Å²) in [4.78, 5) is 0. The lowest BCUT2D eigenvalue weighted by Crippen LogP contribution is -2.33. The Kier molecular flexibility index (Phi) is 5.31. The highest BCUT2D eigenvalue weighted by atomic mass is 19.3. The van der Waals surface area contributed by atoms with Crippen LogP contribution in [0.2, 0.25) is 0 Å². The Morgan fingerprint density at radius 2 is 1.61 bits per heavy atom. The summed E-state index contributed by atoms with van der Waals surface area (Å²) in [6.07, 6.45) is -3.77. The van der Waals surface area contributed by atoms with E-state index >= 15 is 0 Å². The quantitative estimate of drug-likeness (QED) is 0.771. The lowest BCUT2D eigenvalue weighted by Gasteiger charge is -2.16. The van der Waals surface area contributed by atoms with Gasteiger partial charge in [0.15, 0.2) is 18.1 Å². The molecule has 0 amide bonds.